The van der Waals surface area contributed by atoms with Gasteiger partial charge in [0, 0.05) is 12.8 Å². The largest absolute Gasteiger partial charge is 0.491 e. The first-order valence-corrected chi connectivity index (χ1v) is 9.42. The standard InChI is InChI=1S/C16H24BNO4S/c1-15(2)16(3,4)22-17(21-15)13(11-18)10-12-8-6-7-9-14(12)23(5,19)20/h6-10H,11,18H2,1-5H3. The van der Waals surface area contributed by atoms with Gasteiger partial charge in [-0.15, -0.1) is 0 Å². The molecule has 23 heavy (non-hydrogen) atoms. The highest BCUT2D eigenvalue weighted by Gasteiger charge is 2.52. The fraction of sp³-hybridized carbons (Fsp3) is 0.500. The summed E-state index contributed by atoms with van der Waals surface area (Å²) in [5.41, 5.74) is 6.22. The van der Waals surface area contributed by atoms with Crippen molar-refractivity contribution in [2.45, 2.75) is 43.8 Å². The molecule has 1 saturated heterocycles. The summed E-state index contributed by atoms with van der Waals surface area (Å²) in [6.45, 7) is 8.07. The number of sulfone groups is 1. The molecule has 7 heteroatoms. The van der Waals surface area contributed by atoms with Crippen LogP contribution in [0.1, 0.15) is 33.3 Å². The van der Waals surface area contributed by atoms with E-state index in [2.05, 4.69) is 0 Å². The molecule has 0 aromatic heterocycles. The Bertz CT molecular complexity index is 709. The van der Waals surface area contributed by atoms with Crippen LogP contribution in [-0.4, -0.2) is 39.5 Å². The summed E-state index contributed by atoms with van der Waals surface area (Å²) < 4.78 is 35.8. The van der Waals surface area contributed by atoms with E-state index < -0.39 is 28.2 Å². The van der Waals surface area contributed by atoms with Gasteiger partial charge >= 0.3 is 7.12 Å². The van der Waals surface area contributed by atoms with Gasteiger partial charge in [0.05, 0.1) is 16.1 Å². The molecule has 0 spiro atoms. The molecule has 0 unspecified atom stereocenters. The first-order valence-electron chi connectivity index (χ1n) is 7.53. The van der Waals surface area contributed by atoms with Crippen LogP contribution in [0.3, 0.4) is 0 Å². The van der Waals surface area contributed by atoms with Crippen LogP contribution in [0.15, 0.2) is 34.6 Å². The summed E-state index contributed by atoms with van der Waals surface area (Å²) >= 11 is 0. The predicted octanol–water partition coefficient (Wildman–Crippen LogP) is 2.06. The predicted molar refractivity (Wildman–Crippen MR) is 92.7 cm³/mol. The first kappa shape index (κ1) is 18.2. The van der Waals surface area contributed by atoms with E-state index in [1.807, 2.05) is 27.7 Å². The summed E-state index contributed by atoms with van der Waals surface area (Å²) in [6, 6.07) is 6.82. The lowest BCUT2D eigenvalue weighted by Crippen LogP contribution is -2.41. The highest BCUT2D eigenvalue weighted by atomic mass is 32.2. The van der Waals surface area contributed by atoms with Crippen LogP contribution in [-0.2, 0) is 19.1 Å². The maximum atomic E-state index is 11.9. The quantitative estimate of drug-likeness (QED) is 0.851. The zero-order chi connectivity index (χ0) is 17.5. The van der Waals surface area contributed by atoms with Crippen molar-refractivity contribution in [3.8, 4) is 0 Å². The minimum absolute atomic E-state index is 0.217. The molecular formula is C16H24BNO4S. The molecule has 2 N–H and O–H groups in total. The molecule has 0 saturated carbocycles. The van der Waals surface area contributed by atoms with E-state index in [0.29, 0.717) is 11.0 Å². The minimum atomic E-state index is -3.32. The molecule has 0 bridgehead atoms. The molecule has 1 aliphatic heterocycles. The van der Waals surface area contributed by atoms with Gasteiger partial charge in [-0.3, -0.25) is 0 Å². The maximum absolute atomic E-state index is 11.9. The summed E-state index contributed by atoms with van der Waals surface area (Å²) in [5, 5.41) is 0. The normalized spacial score (nSPS) is 20.8. The zero-order valence-electron chi connectivity index (χ0n) is 14.3. The topological polar surface area (TPSA) is 78.6 Å². The van der Waals surface area contributed by atoms with Crippen LogP contribution in [0.2, 0.25) is 0 Å². The molecule has 1 aliphatic rings. The molecule has 0 atom stereocenters. The number of benzene rings is 1. The summed E-state index contributed by atoms with van der Waals surface area (Å²) in [6.07, 6.45) is 2.94. The van der Waals surface area contributed by atoms with Gasteiger partial charge in [-0.05, 0) is 44.8 Å². The molecule has 1 heterocycles. The van der Waals surface area contributed by atoms with Gasteiger partial charge in [0.2, 0.25) is 0 Å². The molecule has 1 fully saturated rings. The lowest BCUT2D eigenvalue weighted by molar-refractivity contribution is 0.00578. The summed E-state index contributed by atoms with van der Waals surface area (Å²) in [4.78, 5) is 0.266. The van der Waals surface area contributed by atoms with Crippen molar-refractivity contribution in [2.75, 3.05) is 12.8 Å². The Morgan fingerprint density at radius 3 is 2.17 bits per heavy atom. The number of hydrogen-bond donors (Lipinski definition) is 1. The average Bonchev–Trinajstić information content (AvgIpc) is 2.64. The van der Waals surface area contributed by atoms with Crippen molar-refractivity contribution >= 4 is 23.0 Å². The second kappa shape index (κ2) is 6.05. The van der Waals surface area contributed by atoms with Gasteiger partial charge in [0.15, 0.2) is 9.84 Å². The fourth-order valence-electron chi connectivity index (χ4n) is 2.35. The second-order valence-corrected chi connectivity index (χ2v) is 8.81. The number of nitrogens with two attached hydrogens (primary N) is 1. The van der Waals surface area contributed by atoms with Crippen molar-refractivity contribution in [3.63, 3.8) is 0 Å². The van der Waals surface area contributed by atoms with Gasteiger partial charge in [0.1, 0.15) is 0 Å². The molecule has 0 radical (unpaired) electrons. The van der Waals surface area contributed by atoms with E-state index in [-0.39, 0.29) is 11.4 Å². The van der Waals surface area contributed by atoms with E-state index >= 15 is 0 Å². The highest BCUT2D eigenvalue weighted by molar-refractivity contribution is 7.90. The lowest BCUT2D eigenvalue weighted by Gasteiger charge is -2.32. The van der Waals surface area contributed by atoms with Gasteiger partial charge in [0.25, 0.3) is 0 Å². The fourth-order valence-corrected chi connectivity index (χ4v) is 3.24. The SMILES string of the molecule is CC1(C)OB(C(=Cc2ccccc2S(C)(=O)=O)CN)OC1(C)C. The number of hydrogen-bond acceptors (Lipinski definition) is 5. The van der Waals surface area contributed by atoms with Crippen LogP contribution >= 0.6 is 0 Å². The van der Waals surface area contributed by atoms with Crippen molar-refractivity contribution in [1.29, 1.82) is 0 Å². The van der Waals surface area contributed by atoms with Gasteiger partial charge in [-0.2, -0.15) is 0 Å². The van der Waals surface area contributed by atoms with Gasteiger partial charge in [-0.1, -0.05) is 24.3 Å². The first-order chi connectivity index (χ1) is 10.5. The molecule has 0 aliphatic carbocycles. The Labute approximate surface area is 138 Å². The monoisotopic (exact) mass is 337 g/mol. The molecule has 126 valence electrons. The van der Waals surface area contributed by atoms with Crippen LogP contribution < -0.4 is 5.73 Å². The third kappa shape index (κ3) is 3.69. The molecule has 2 rings (SSSR count). The Morgan fingerprint density at radius 1 is 1.17 bits per heavy atom. The smallest absolute Gasteiger partial charge is 0.400 e. The molecule has 5 nitrogen and oxygen atoms in total. The highest BCUT2D eigenvalue weighted by Crippen LogP contribution is 2.38. The van der Waals surface area contributed by atoms with Crippen LogP contribution in [0.4, 0.5) is 0 Å². The zero-order valence-corrected chi connectivity index (χ0v) is 15.1. The Hall–Kier alpha value is -1.15. The maximum Gasteiger partial charge on any atom is 0.491 e. The second-order valence-electron chi connectivity index (χ2n) is 6.82. The lowest BCUT2D eigenvalue weighted by atomic mass is 9.77. The van der Waals surface area contributed by atoms with Gasteiger partial charge in [-0.25, -0.2) is 8.42 Å². The Kier molecular flexibility index (Phi) is 4.79. The molecular weight excluding hydrogens is 313 g/mol. The third-order valence-corrected chi connectivity index (χ3v) is 5.62. The minimum Gasteiger partial charge on any atom is -0.400 e. The Balaban J connectivity index is 2.43. The molecule has 1 aromatic rings. The van der Waals surface area contributed by atoms with Crippen LogP contribution in [0.25, 0.3) is 6.08 Å². The van der Waals surface area contributed by atoms with Crippen molar-refractivity contribution < 1.29 is 17.7 Å². The van der Waals surface area contributed by atoms with Crippen LogP contribution in [0, 0.1) is 0 Å². The average molecular weight is 337 g/mol. The van der Waals surface area contributed by atoms with Crippen molar-refractivity contribution in [1.82, 2.24) is 0 Å². The van der Waals surface area contributed by atoms with Crippen LogP contribution in [0.5, 0.6) is 0 Å². The van der Waals surface area contributed by atoms with Crippen molar-refractivity contribution in [2.24, 2.45) is 5.73 Å². The summed E-state index contributed by atoms with van der Waals surface area (Å²) in [5.74, 6) is 0. The van der Waals surface area contributed by atoms with E-state index in [1.165, 1.54) is 6.26 Å². The van der Waals surface area contributed by atoms with E-state index in [0.717, 1.165) is 0 Å². The third-order valence-electron chi connectivity index (χ3n) is 4.45. The molecule has 1 aromatic carbocycles. The van der Waals surface area contributed by atoms with Gasteiger partial charge < -0.3 is 15.0 Å². The van der Waals surface area contributed by atoms with E-state index in [1.54, 1.807) is 30.3 Å². The number of rotatable bonds is 4. The van der Waals surface area contributed by atoms with Crippen molar-refractivity contribution in [3.05, 3.63) is 35.3 Å². The molecule has 0 amide bonds. The Morgan fingerprint density at radius 2 is 1.70 bits per heavy atom. The summed E-state index contributed by atoms with van der Waals surface area (Å²) in [7, 11) is -3.91. The van der Waals surface area contributed by atoms with E-state index in [9.17, 15) is 8.42 Å². The van der Waals surface area contributed by atoms with E-state index in [4.69, 9.17) is 15.0 Å².